The molecule has 2 rings (SSSR count). The average molecular weight is 243 g/mol. The highest BCUT2D eigenvalue weighted by Gasteiger charge is 2.10. The zero-order valence-electron chi connectivity index (χ0n) is 11.3. The first-order chi connectivity index (χ1) is 8.15. The van der Waals surface area contributed by atoms with Crippen LogP contribution in [0.1, 0.15) is 22.3 Å². The molecule has 18 heavy (non-hydrogen) atoms. The van der Waals surface area contributed by atoms with E-state index in [0.717, 1.165) is 5.56 Å². The van der Waals surface area contributed by atoms with Crippen molar-refractivity contribution in [1.29, 1.82) is 0 Å². The molecular formula is C16H21NO. The Bertz CT molecular complexity index is 533. The third-order valence-corrected chi connectivity index (χ3v) is 3.58. The van der Waals surface area contributed by atoms with Crippen LogP contribution < -0.4 is 6.15 Å². The van der Waals surface area contributed by atoms with E-state index < -0.39 is 0 Å². The zero-order valence-corrected chi connectivity index (χ0v) is 11.3. The van der Waals surface area contributed by atoms with E-state index in [9.17, 15) is 5.11 Å². The Morgan fingerprint density at radius 2 is 1.50 bits per heavy atom. The summed E-state index contributed by atoms with van der Waals surface area (Å²) in [5, 5.41) is 9.41. The standard InChI is InChI=1S/C16H18O.H3N/c1-11-12(2)15(10-17)9-16(13(11)3)14-7-5-4-6-8-14;/h4-9,17H,10H2,1-3H3;1H3. The van der Waals surface area contributed by atoms with Crippen molar-refractivity contribution in [3.05, 3.63) is 58.7 Å². The maximum atomic E-state index is 9.41. The summed E-state index contributed by atoms with van der Waals surface area (Å²) in [5.74, 6) is 0. The van der Waals surface area contributed by atoms with Crippen molar-refractivity contribution in [3.8, 4) is 11.1 Å². The molecule has 0 atom stereocenters. The lowest BCUT2D eigenvalue weighted by atomic mass is 9.91. The Hall–Kier alpha value is -1.64. The van der Waals surface area contributed by atoms with Crippen molar-refractivity contribution in [2.75, 3.05) is 0 Å². The first-order valence-electron chi connectivity index (χ1n) is 5.91. The summed E-state index contributed by atoms with van der Waals surface area (Å²) in [6, 6.07) is 12.4. The average Bonchev–Trinajstić information content (AvgIpc) is 2.37. The van der Waals surface area contributed by atoms with E-state index in [1.54, 1.807) is 0 Å². The van der Waals surface area contributed by atoms with Crippen LogP contribution in [0.2, 0.25) is 0 Å². The van der Waals surface area contributed by atoms with E-state index in [4.69, 9.17) is 0 Å². The second-order valence-electron chi connectivity index (χ2n) is 4.48. The number of hydrogen-bond donors (Lipinski definition) is 2. The van der Waals surface area contributed by atoms with Crippen molar-refractivity contribution >= 4 is 0 Å². The van der Waals surface area contributed by atoms with Gasteiger partial charge < -0.3 is 11.3 Å². The van der Waals surface area contributed by atoms with Crippen LogP contribution in [0.5, 0.6) is 0 Å². The quantitative estimate of drug-likeness (QED) is 0.839. The molecule has 0 spiro atoms. The van der Waals surface area contributed by atoms with Crippen LogP contribution in [-0.4, -0.2) is 5.11 Å². The molecule has 2 aromatic carbocycles. The van der Waals surface area contributed by atoms with E-state index in [0.29, 0.717) is 0 Å². The third kappa shape index (κ3) is 2.45. The van der Waals surface area contributed by atoms with Gasteiger partial charge in [0.05, 0.1) is 6.61 Å². The largest absolute Gasteiger partial charge is 0.392 e. The molecule has 0 saturated heterocycles. The Kier molecular flexibility index (Phi) is 4.65. The molecule has 0 fully saturated rings. The van der Waals surface area contributed by atoms with Gasteiger partial charge in [-0.05, 0) is 60.2 Å². The Morgan fingerprint density at radius 3 is 2.06 bits per heavy atom. The van der Waals surface area contributed by atoms with Crippen molar-refractivity contribution in [1.82, 2.24) is 6.15 Å². The Balaban J connectivity index is 0.00000162. The molecule has 96 valence electrons. The van der Waals surface area contributed by atoms with Crippen LogP contribution in [0.4, 0.5) is 0 Å². The summed E-state index contributed by atoms with van der Waals surface area (Å²) in [4.78, 5) is 0. The van der Waals surface area contributed by atoms with Gasteiger partial charge in [0.25, 0.3) is 0 Å². The SMILES string of the molecule is Cc1c(CO)cc(-c2ccccc2)c(C)c1C.N. The molecule has 2 heteroatoms. The number of aliphatic hydroxyl groups is 1. The van der Waals surface area contributed by atoms with Crippen LogP contribution in [0, 0.1) is 20.8 Å². The first kappa shape index (κ1) is 14.4. The highest BCUT2D eigenvalue weighted by molar-refractivity contribution is 5.70. The minimum Gasteiger partial charge on any atom is -0.392 e. The summed E-state index contributed by atoms with van der Waals surface area (Å²) < 4.78 is 0. The lowest BCUT2D eigenvalue weighted by Gasteiger charge is -2.15. The fourth-order valence-corrected chi connectivity index (χ4v) is 2.20. The fraction of sp³-hybridized carbons (Fsp3) is 0.250. The zero-order chi connectivity index (χ0) is 12.4. The first-order valence-corrected chi connectivity index (χ1v) is 5.91. The van der Waals surface area contributed by atoms with E-state index >= 15 is 0 Å². The molecule has 0 bridgehead atoms. The molecule has 0 heterocycles. The molecule has 0 unspecified atom stereocenters. The summed E-state index contributed by atoms with van der Waals surface area (Å²) >= 11 is 0. The molecule has 4 N–H and O–H groups in total. The molecule has 0 aliphatic carbocycles. The lowest BCUT2D eigenvalue weighted by molar-refractivity contribution is 0.281. The second-order valence-corrected chi connectivity index (χ2v) is 4.48. The summed E-state index contributed by atoms with van der Waals surface area (Å²) in [7, 11) is 0. The van der Waals surface area contributed by atoms with E-state index in [-0.39, 0.29) is 12.8 Å². The van der Waals surface area contributed by atoms with Crippen molar-refractivity contribution in [2.45, 2.75) is 27.4 Å². The maximum Gasteiger partial charge on any atom is 0.0684 e. The van der Waals surface area contributed by atoms with E-state index in [2.05, 4.69) is 39.0 Å². The summed E-state index contributed by atoms with van der Waals surface area (Å²) in [6.45, 7) is 6.44. The molecule has 0 aromatic heterocycles. The van der Waals surface area contributed by atoms with Crippen LogP contribution in [-0.2, 0) is 6.61 Å². The molecule has 2 aromatic rings. The normalized spacial score (nSPS) is 10.0. The minimum absolute atomic E-state index is 0. The van der Waals surface area contributed by atoms with Gasteiger partial charge in [-0.3, -0.25) is 0 Å². The Labute approximate surface area is 109 Å². The molecule has 0 radical (unpaired) electrons. The smallest absolute Gasteiger partial charge is 0.0684 e. The molecule has 0 aliphatic rings. The summed E-state index contributed by atoms with van der Waals surface area (Å²) in [5.41, 5.74) is 7.22. The predicted octanol–water partition coefficient (Wildman–Crippen LogP) is 3.93. The van der Waals surface area contributed by atoms with Gasteiger partial charge in [0.2, 0.25) is 0 Å². The van der Waals surface area contributed by atoms with Crippen LogP contribution in [0.3, 0.4) is 0 Å². The van der Waals surface area contributed by atoms with Gasteiger partial charge in [0, 0.05) is 0 Å². The van der Waals surface area contributed by atoms with E-state index in [1.807, 2.05) is 18.2 Å². The maximum absolute atomic E-state index is 9.41. The van der Waals surface area contributed by atoms with Gasteiger partial charge in [-0.25, -0.2) is 0 Å². The topological polar surface area (TPSA) is 55.2 Å². The second kappa shape index (κ2) is 5.80. The Morgan fingerprint density at radius 1 is 0.889 bits per heavy atom. The van der Waals surface area contributed by atoms with Crippen molar-refractivity contribution in [3.63, 3.8) is 0 Å². The summed E-state index contributed by atoms with van der Waals surface area (Å²) in [6.07, 6.45) is 0. The molecule has 0 saturated carbocycles. The number of benzene rings is 2. The fourth-order valence-electron chi connectivity index (χ4n) is 2.20. The molecule has 2 nitrogen and oxygen atoms in total. The number of hydrogen-bond acceptors (Lipinski definition) is 2. The van der Waals surface area contributed by atoms with Gasteiger partial charge >= 0.3 is 0 Å². The van der Waals surface area contributed by atoms with Gasteiger partial charge in [0.15, 0.2) is 0 Å². The number of aliphatic hydroxyl groups excluding tert-OH is 1. The van der Waals surface area contributed by atoms with Crippen molar-refractivity contribution in [2.24, 2.45) is 0 Å². The van der Waals surface area contributed by atoms with E-state index in [1.165, 1.54) is 27.8 Å². The predicted molar refractivity (Wildman–Crippen MR) is 77.0 cm³/mol. The van der Waals surface area contributed by atoms with Crippen LogP contribution in [0.15, 0.2) is 36.4 Å². The minimum atomic E-state index is 0. The highest BCUT2D eigenvalue weighted by atomic mass is 16.3. The van der Waals surface area contributed by atoms with Crippen LogP contribution >= 0.6 is 0 Å². The van der Waals surface area contributed by atoms with Crippen molar-refractivity contribution < 1.29 is 5.11 Å². The monoisotopic (exact) mass is 243 g/mol. The van der Waals surface area contributed by atoms with Crippen LogP contribution in [0.25, 0.3) is 11.1 Å². The van der Waals surface area contributed by atoms with Gasteiger partial charge in [0.1, 0.15) is 0 Å². The molecular weight excluding hydrogens is 222 g/mol. The third-order valence-electron chi connectivity index (χ3n) is 3.58. The molecule has 0 amide bonds. The van der Waals surface area contributed by atoms with Gasteiger partial charge in [-0.15, -0.1) is 0 Å². The highest BCUT2D eigenvalue weighted by Crippen LogP contribution is 2.29. The van der Waals surface area contributed by atoms with Gasteiger partial charge in [-0.2, -0.15) is 0 Å². The lowest BCUT2D eigenvalue weighted by Crippen LogP contribution is -1.97. The number of rotatable bonds is 2. The molecule has 0 aliphatic heterocycles. The van der Waals surface area contributed by atoms with Gasteiger partial charge in [-0.1, -0.05) is 30.3 Å².